The molecule has 0 bridgehead atoms. The molecule has 12 rings (SSSR count). The van der Waals surface area contributed by atoms with Gasteiger partial charge in [0.15, 0.2) is 43.8 Å². The van der Waals surface area contributed by atoms with Gasteiger partial charge in [0.25, 0.3) is 0 Å². The van der Waals surface area contributed by atoms with Gasteiger partial charge in [0.05, 0.1) is 82.7 Å². The number of hydrogen-bond acceptors (Lipinski definition) is 34. The Morgan fingerprint density at radius 2 is 1.27 bits per heavy atom. The van der Waals surface area contributed by atoms with Gasteiger partial charge < -0.3 is 157 Å². The molecule has 0 radical (unpaired) electrons. The van der Waals surface area contributed by atoms with E-state index >= 15 is 0 Å². The number of aliphatic hydroxyl groups excluding tert-OH is 15. The number of carbonyl (C=O) groups excluding carboxylic acids is 2. The van der Waals surface area contributed by atoms with Crippen LogP contribution in [-0.2, 0) is 85.4 Å². The van der Waals surface area contributed by atoms with Crippen LogP contribution in [0.1, 0.15) is 80.1 Å². The van der Waals surface area contributed by atoms with E-state index < -0.39 is 263 Å². The summed E-state index contributed by atoms with van der Waals surface area (Å²) in [5.74, 6) is -5.01. The molecule has 0 aromatic carbocycles. The molecule has 0 aromatic heterocycles. The Hall–Kier alpha value is -2.78. The highest BCUT2D eigenvalue weighted by Gasteiger charge is 2.74. The number of carbonyl (C=O) groups is 2. The smallest absolute Gasteiger partial charge is 0.303 e. The fourth-order valence-corrected chi connectivity index (χ4v) is 18.2. The summed E-state index contributed by atoms with van der Waals surface area (Å²) in [6.07, 6.45) is -42.2. The summed E-state index contributed by atoms with van der Waals surface area (Å²) in [7, 11) is 0. The van der Waals surface area contributed by atoms with E-state index in [1.165, 1.54) is 20.8 Å². The lowest BCUT2D eigenvalue weighted by Crippen LogP contribution is -2.66. The van der Waals surface area contributed by atoms with Gasteiger partial charge in [-0.25, -0.2) is 0 Å². The molecule has 8 saturated heterocycles. The Labute approximate surface area is 563 Å². The van der Waals surface area contributed by atoms with E-state index in [-0.39, 0.29) is 49.4 Å². The minimum absolute atomic E-state index is 0.0417. The topological polar surface area (TPSA) is 506 Å². The first kappa shape index (κ1) is 74.9. The van der Waals surface area contributed by atoms with Crippen LogP contribution in [0.4, 0.5) is 0 Å². The van der Waals surface area contributed by atoms with Crippen LogP contribution >= 0.6 is 0 Å². The van der Waals surface area contributed by atoms with Gasteiger partial charge >= 0.3 is 11.9 Å². The minimum Gasteiger partial charge on any atom is -0.465 e. The largest absolute Gasteiger partial charge is 0.465 e. The maximum atomic E-state index is 12.8. The van der Waals surface area contributed by atoms with Crippen molar-refractivity contribution in [1.29, 1.82) is 0 Å². The number of rotatable bonds is 17. The molecule has 1 spiro atoms. The van der Waals surface area contributed by atoms with Crippen molar-refractivity contribution in [2.75, 3.05) is 46.2 Å². The highest BCUT2D eigenvalue weighted by molar-refractivity contribution is 5.66. The second-order valence-electron chi connectivity index (χ2n) is 29.4. The molecule has 0 aromatic rings. The average molecular weight is 1410 g/mol. The first-order valence-corrected chi connectivity index (χ1v) is 33.8. The van der Waals surface area contributed by atoms with Gasteiger partial charge in [-0.1, -0.05) is 32.1 Å². The van der Waals surface area contributed by atoms with Crippen molar-refractivity contribution in [3.05, 3.63) is 23.8 Å². The molecule has 39 atom stereocenters. The van der Waals surface area contributed by atoms with Crippen molar-refractivity contribution in [2.24, 2.45) is 40.4 Å². The molecule has 0 amide bonds. The molecular formula is C64H98O34. The summed E-state index contributed by atoms with van der Waals surface area (Å²) in [6.45, 7) is 9.84. The Morgan fingerprint density at radius 3 is 1.95 bits per heavy atom. The third-order valence-corrected chi connectivity index (χ3v) is 23.4. The molecule has 11 fully saturated rings. The van der Waals surface area contributed by atoms with Crippen LogP contribution in [-0.4, -0.2) is 336 Å². The van der Waals surface area contributed by atoms with E-state index in [0.717, 1.165) is 12.5 Å². The number of aliphatic hydroxyl groups is 16. The Morgan fingerprint density at radius 1 is 0.633 bits per heavy atom. The maximum Gasteiger partial charge on any atom is 0.303 e. The number of hydrogen-bond donors (Lipinski definition) is 16. The number of esters is 2. The Bertz CT molecular complexity index is 2840. The molecule has 34 heteroatoms. The van der Waals surface area contributed by atoms with Crippen LogP contribution < -0.4 is 0 Å². The molecule has 8 heterocycles. The van der Waals surface area contributed by atoms with Gasteiger partial charge in [0.1, 0.15) is 115 Å². The summed E-state index contributed by atoms with van der Waals surface area (Å²) in [6, 6.07) is 0. The second kappa shape index (κ2) is 28.9. The predicted octanol–water partition coefficient (Wildman–Crippen LogP) is -6.42. The van der Waals surface area contributed by atoms with Crippen LogP contribution in [0, 0.1) is 40.4 Å². The van der Waals surface area contributed by atoms with Crippen molar-refractivity contribution >= 4 is 11.9 Å². The summed E-state index contributed by atoms with van der Waals surface area (Å²) in [5.41, 5.74) is -2.55. The van der Waals surface area contributed by atoms with Gasteiger partial charge in [0.2, 0.25) is 5.79 Å². The average Bonchev–Trinajstić information content (AvgIpc) is 1.59. The van der Waals surface area contributed by atoms with E-state index in [4.69, 9.17) is 75.8 Å². The molecular weight excluding hydrogens is 1310 g/mol. The zero-order chi connectivity index (χ0) is 70.7. The highest BCUT2D eigenvalue weighted by Crippen LogP contribution is 2.71. The van der Waals surface area contributed by atoms with E-state index in [0.29, 0.717) is 25.7 Å². The number of ether oxygens (including phenoxy) is 16. The Kier molecular flexibility index (Phi) is 22.1. The molecule has 0 unspecified atom stereocenters. The standard InChI is InChI=1S/C64H98O34/c1-22-16-87-64(53(80)47(22)93-56-45(78)42(75)48(23(2)88-56)94-57-44(77)41(74)40(73)36(15-65)91-57)32(17-83-25(4)67)38-35(98-64)14-31-29-9-8-27-12-28(69)13-37(62(27,7)30(29)10-11-61(31,38)6)92-59-52(50(34(71)19-85-59)95-55-43(76)39(72)33(70)18-84-55)97-58-46(79)51(49(24(3)89-58)90-26(5)68)96-60-54(81)63(82,20-66)21-86-60/h8,23-24,28-60,65-66,69-82H,1,9-21H2,2-7H3/t23-,24+,28-,29-,30+,31+,32+,33-,34+,35+,36-,37-,38+,39+,40-,41+,42-,43-,44-,45-,46-,47+,48+,49+,50+,51+,52-,53+,54+,55+,56+,57+,58+,59+,60+,61+,62+,63-,64+/m1/s1. The fourth-order valence-electron chi connectivity index (χ4n) is 18.2. The van der Waals surface area contributed by atoms with Crippen LogP contribution in [0.2, 0.25) is 0 Å². The lowest BCUT2D eigenvalue weighted by Gasteiger charge is -2.61. The van der Waals surface area contributed by atoms with Crippen molar-refractivity contribution in [1.82, 2.24) is 0 Å². The highest BCUT2D eigenvalue weighted by atomic mass is 16.8. The second-order valence-corrected chi connectivity index (χ2v) is 29.4. The van der Waals surface area contributed by atoms with E-state index in [1.54, 1.807) is 0 Å². The van der Waals surface area contributed by atoms with Crippen LogP contribution in [0.5, 0.6) is 0 Å². The fraction of sp³-hybridized carbons (Fsp3) is 0.906. The molecule has 558 valence electrons. The lowest BCUT2D eigenvalue weighted by atomic mass is 9.46. The molecule has 8 aliphatic heterocycles. The van der Waals surface area contributed by atoms with Gasteiger partial charge in [-0.2, -0.15) is 0 Å². The van der Waals surface area contributed by atoms with Gasteiger partial charge in [-0.05, 0) is 74.7 Å². The third-order valence-electron chi connectivity index (χ3n) is 23.4. The molecule has 16 N–H and O–H groups in total. The summed E-state index contributed by atoms with van der Waals surface area (Å²) in [4.78, 5) is 25.4. The van der Waals surface area contributed by atoms with Crippen molar-refractivity contribution in [3.8, 4) is 0 Å². The van der Waals surface area contributed by atoms with Crippen LogP contribution in [0.25, 0.3) is 0 Å². The van der Waals surface area contributed by atoms with E-state index in [1.807, 2.05) is 0 Å². The third kappa shape index (κ3) is 13.2. The lowest BCUT2D eigenvalue weighted by molar-refractivity contribution is -0.387. The monoisotopic (exact) mass is 1410 g/mol. The first-order chi connectivity index (χ1) is 46.3. The SMILES string of the molecule is C=C1CO[C@@]2(O[C@H]3C[C@H]4[C@@H]5CC=C6C[C@@H](O)C[C@@H](O[C@@H]7OC[C@H](O)[C@H](O[C@@H]8OC[C@@H](O)[C@H](O)[C@H]8O)[C@H]7O[C@@H]7O[C@@H](C)[C@H](OC(C)=O)[C@@H](O[C@@H]8OC[C@](O)(CO)[C@H]8O)[C@H]7O)[C@]6(C)[C@H]5CC[C@]4(C)[C@H]3[C@@H]2COC(C)=O)[C@@H](O)[C@H]1O[C@@H]1O[C@H](C)[C@H](O[C@@H]2O[C@H](CO)[C@@H](O)[C@H](O)[C@H]2O)[C@H](O)[C@H]1O. The van der Waals surface area contributed by atoms with Gasteiger partial charge in [-0.15, -0.1) is 0 Å². The zero-order valence-corrected chi connectivity index (χ0v) is 55.2. The summed E-state index contributed by atoms with van der Waals surface area (Å²) in [5, 5.41) is 177. The summed E-state index contributed by atoms with van der Waals surface area (Å²) >= 11 is 0. The zero-order valence-electron chi connectivity index (χ0n) is 55.2. The van der Waals surface area contributed by atoms with Crippen molar-refractivity contribution in [2.45, 2.75) is 276 Å². The quantitative estimate of drug-likeness (QED) is 0.0476. The first-order valence-electron chi connectivity index (χ1n) is 33.8. The summed E-state index contributed by atoms with van der Waals surface area (Å²) < 4.78 is 98.6. The van der Waals surface area contributed by atoms with Crippen molar-refractivity contribution < 1.29 is 167 Å². The van der Waals surface area contributed by atoms with E-state index in [9.17, 15) is 91.3 Å². The number of allylic oxidation sites excluding steroid dienone is 1. The predicted molar refractivity (Wildman–Crippen MR) is 317 cm³/mol. The molecule has 4 aliphatic carbocycles. The van der Waals surface area contributed by atoms with Crippen LogP contribution in [0.3, 0.4) is 0 Å². The maximum absolute atomic E-state index is 12.8. The molecule has 98 heavy (non-hydrogen) atoms. The molecule has 3 saturated carbocycles. The van der Waals surface area contributed by atoms with E-state index in [2.05, 4.69) is 26.5 Å². The normalized spacial score (nSPS) is 54.1. The Balaban J connectivity index is 0.794. The molecule has 12 aliphatic rings. The molecule has 34 nitrogen and oxygen atoms in total. The number of fused-ring (bicyclic) bond motifs is 7. The minimum atomic E-state index is -2.17. The van der Waals surface area contributed by atoms with Gasteiger partial charge in [-0.3, -0.25) is 9.59 Å². The van der Waals surface area contributed by atoms with Crippen molar-refractivity contribution in [3.63, 3.8) is 0 Å². The van der Waals surface area contributed by atoms with Crippen LogP contribution in [0.15, 0.2) is 23.8 Å². The van der Waals surface area contributed by atoms with Gasteiger partial charge in [0, 0.05) is 31.6 Å².